The van der Waals surface area contributed by atoms with Gasteiger partial charge in [0.15, 0.2) is 0 Å². The van der Waals surface area contributed by atoms with Crippen LogP contribution in [0, 0.1) is 5.41 Å². The lowest BCUT2D eigenvalue weighted by atomic mass is 9.77. The van der Waals surface area contributed by atoms with Crippen molar-refractivity contribution >= 4 is 5.69 Å². The van der Waals surface area contributed by atoms with Gasteiger partial charge in [-0.3, -0.25) is 0 Å². The summed E-state index contributed by atoms with van der Waals surface area (Å²) in [5, 5.41) is 0. The fourth-order valence-electron chi connectivity index (χ4n) is 4.01. The zero-order valence-electron chi connectivity index (χ0n) is 12.1. The highest BCUT2D eigenvalue weighted by Crippen LogP contribution is 2.47. The quantitative estimate of drug-likeness (QED) is 0.872. The molecule has 0 bridgehead atoms. The first-order valence-corrected chi connectivity index (χ1v) is 7.80. The second-order valence-electron chi connectivity index (χ2n) is 6.54. The van der Waals surface area contributed by atoms with Gasteiger partial charge in [-0.1, -0.05) is 31.0 Å². The number of nitrogens with two attached hydrogens (primary N) is 1. The van der Waals surface area contributed by atoms with Crippen LogP contribution in [0.15, 0.2) is 24.3 Å². The molecule has 0 radical (unpaired) electrons. The zero-order valence-corrected chi connectivity index (χ0v) is 12.1. The lowest BCUT2D eigenvalue weighted by Crippen LogP contribution is -2.39. The molecule has 2 fully saturated rings. The molecule has 1 saturated carbocycles. The van der Waals surface area contributed by atoms with E-state index in [0.29, 0.717) is 5.41 Å². The summed E-state index contributed by atoms with van der Waals surface area (Å²) < 4.78 is 0. The van der Waals surface area contributed by atoms with Gasteiger partial charge in [-0.15, -0.1) is 0 Å². The Bertz CT molecular complexity index is 423. The summed E-state index contributed by atoms with van der Waals surface area (Å²) in [4.78, 5) is 2.56. The van der Waals surface area contributed by atoms with Gasteiger partial charge in [0.2, 0.25) is 0 Å². The van der Waals surface area contributed by atoms with Crippen molar-refractivity contribution in [2.75, 3.05) is 18.0 Å². The van der Waals surface area contributed by atoms with Crippen molar-refractivity contribution in [3.63, 3.8) is 0 Å². The highest BCUT2D eigenvalue weighted by Gasteiger charge is 2.37. The highest BCUT2D eigenvalue weighted by molar-refractivity contribution is 5.55. The summed E-state index contributed by atoms with van der Waals surface area (Å²) in [7, 11) is 0. The molecule has 1 atom stereocenters. The molecule has 0 amide bonds. The van der Waals surface area contributed by atoms with E-state index < -0.39 is 0 Å². The second kappa shape index (κ2) is 5.16. The largest absolute Gasteiger partial charge is 0.371 e. The molecule has 19 heavy (non-hydrogen) atoms. The van der Waals surface area contributed by atoms with Crippen LogP contribution >= 0.6 is 0 Å². The van der Waals surface area contributed by atoms with Gasteiger partial charge in [0.25, 0.3) is 0 Å². The summed E-state index contributed by atoms with van der Waals surface area (Å²) in [5.41, 5.74) is 9.47. The summed E-state index contributed by atoms with van der Waals surface area (Å²) in [6.45, 7) is 4.51. The van der Waals surface area contributed by atoms with Crippen LogP contribution in [0.1, 0.15) is 57.1 Å². The topological polar surface area (TPSA) is 29.3 Å². The fraction of sp³-hybridized carbons (Fsp3) is 0.647. The van der Waals surface area contributed by atoms with E-state index in [1.54, 1.807) is 0 Å². The minimum Gasteiger partial charge on any atom is -0.371 e. The number of piperidine rings is 1. The maximum Gasteiger partial charge on any atom is 0.0414 e. The normalized spacial score (nSPS) is 23.8. The Morgan fingerprint density at radius 1 is 1.05 bits per heavy atom. The predicted molar refractivity (Wildman–Crippen MR) is 81.4 cm³/mol. The molecule has 2 heteroatoms. The minimum absolute atomic E-state index is 0.124. The third kappa shape index (κ3) is 2.51. The van der Waals surface area contributed by atoms with Crippen LogP contribution in [0.4, 0.5) is 5.69 Å². The predicted octanol–water partition coefficient (Wildman–Crippen LogP) is 3.87. The van der Waals surface area contributed by atoms with E-state index in [-0.39, 0.29) is 6.04 Å². The number of anilines is 1. The molecule has 2 aliphatic rings. The third-order valence-electron chi connectivity index (χ3n) is 5.26. The summed E-state index contributed by atoms with van der Waals surface area (Å²) in [5.74, 6) is 0. The second-order valence-corrected chi connectivity index (χ2v) is 6.54. The lowest BCUT2D eigenvalue weighted by Gasteiger charge is -2.41. The van der Waals surface area contributed by atoms with Crippen LogP contribution in [0.2, 0.25) is 0 Å². The minimum atomic E-state index is 0.124. The molecular formula is C17H26N2. The van der Waals surface area contributed by atoms with Crippen LogP contribution in [0.25, 0.3) is 0 Å². The van der Waals surface area contributed by atoms with Crippen LogP contribution in [0.5, 0.6) is 0 Å². The molecule has 1 heterocycles. The molecular weight excluding hydrogens is 232 g/mol. The molecule has 1 saturated heterocycles. The molecule has 1 aliphatic carbocycles. The van der Waals surface area contributed by atoms with Crippen LogP contribution in [0.3, 0.4) is 0 Å². The van der Waals surface area contributed by atoms with Crippen LogP contribution in [-0.4, -0.2) is 13.1 Å². The number of rotatable bonds is 2. The highest BCUT2D eigenvalue weighted by atomic mass is 15.1. The Morgan fingerprint density at radius 2 is 1.68 bits per heavy atom. The van der Waals surface area contributed by atoms with Crippen LogP contribution in [-0.2, 0) is 0 Å². The zero-order chi connectivity index (χ0) is 13.3. The van der Waals surface area contributed by atoms with E-state index in [9.17, 15) is 0 Å². The monoisotopic (exact) mass is 258 g/mol. The summed E-state index contributed by atoms with van der Waals surface area (Å²) in [6, 6.07) is 8.79. The Labute approximate surface area is 117 Å². The number of para-hydroxylation sites is 1. The van der Waals surface area contributed by atoms with E-state index in [2.05, 4.69) is 36.1 Å². The van der Waals surface area contributed by atoms with Gasteiger partial charge >= 0.3 is 0 Å². The van der Waals surface area contributed by atoms with Gasteiger partial charge in [0.1, 0.15) is 0 Å². The third-order valence-corrected chi connectivity index (χ3v) is 5.26. The van der Waals surface area contributed by atoms with Gasteiger partial charge in [-0.05, 0) is 49.7 Å². The van der Waals surface area contributed by atoms with Gasteiger partial charge < -0.3 is 10.6 Å². The van der Waals surface area contributed by atoms with Crippen molar-refractivity contribution in [2.24, 2.45) is 11.1 Å². The average molecular weight is 258 g/mol. The van der Waals surface area contributed by atoms with Crippen molar-refractivity contribution in [2.45, 2.75) is 51.5 Å². The summed E-state index contributed by atoms with van der Waals surface area (Å²) in [6.07, 6.45) is 8.60. The Kier molecular flexibility index (Phi) is 3.53. The number of hydrogen-bond donors (Lipinski definition) is 1. The van der Waals surface area contributed by atoms with E-state index in [1.165, 1.54) is 62.9 Å². The van der Waals surface area contributed by atoms with Crippen molar-refractivity contribution in [1.29, 1.82) is 0 Å². The fourth-order valence-corrected chi connectivity index (χ4v) is 4.01. The van der Waals surface area contributed by atoms with E-state index in [0.717, 1.165) is 0 Å². The van der Waals surface area contributed by atoms with Gasteiger partial charge in [-0.25, -0.2) is 0 Å². The first-order valence-electron chi connectivity index (χ1n) is 7.80. The smallest absolute Gasteiger partial charge is 0.0414 e. The Morgan fingerprint density at radius 3 is 2.32 bits per heavy atom. The standard InChI is InChI=1S/C17H26N2/c1-14(18)15-6-2-3-7-16(15)19-12-10-17(11-13-19)8-4-5-9-17/h2-3,6-7,14H,4-5,8-13,18H2,1H3/t14-/m0/s1. The molecule has 1 aliphatic heterocycles. The summed E-state index contributed by atoms with van der Waals surface area (Å²) >= 11 is 0. The van der Waals surface area contributed by atoms with E-state index in [1.807, 2.05) is 0 Å². The van der Waals surface area contributed by atoms with Gasteiger partial charge in [0.05, 0.1) is 0 Å². The van der Waals surface area contributed by atoms with Gasteiger partial charge in [0, 0.05) is 24.8 Å². The maximum atomic E-state index is 6.11. The first kappa shape index (κ1) is 13.0. The number of benzene rings is 1. The molecule has 1 aromatic carbocycles. The van der Waals surface area contributed by atoms with E-state index >= 15 is 0 Å². The molecule has 0 aromatic heterocycles. The molecule has 2 nitrogen and oxygen atoms in total. The number of hydrogen-bond acceptors (Lipinski definition) is 2. The van der Waals surface area contributed by atoms with Crippen LogP contribution < -0.4 is 10.6 Å². The first-order chi connectivity index (χ1) is 9.20. The lowest BCUT2D eigenvalue weighted by molar-refractivity contribution is 0.226. The number of nitrogens with zero attached hydrogens (tertiary/aromatic N) is 1. The molecule has 0 unspecified atom stereocenters. The molecule has 2 N–H and O–H groups in total. The van der Waals surface area contributed by atoms with Crippen molar-refractivity contribution in [3.05, 3.63) is 29.8 Å². The molecule has 1 spiro atoms. The molecule has 104 valence electrons. The average Bonchev–Trinajstić information content (AvgIpc) is 2.88. The Hall–Kier alpha value is -1.02. The molecule has 1 aromatic rings. The van der Waals surface area contributed by atoms with Crippen molar-refractivity contribution in [3.8, 4) is 0 Å². The molecule has 3 rings (SSSR count). The van der Waals surface area contributed by atoms with Crippen molar-refractivity contribution in [1.82, 2.24) is 0 Å². The maximum absolute atomic E-state index is 6.11. The van der Waals surface area contributed by atoms with E-state index in [4.69, 9.17) is 5.73 Å². The van der Waals surface area contributed by atoms with Gasteiger partial charge in [-0.2, -0.15) is 0 Å². The SMILES string of the molecule is C[C@H](N)c1ccccc1N1CCC2(CCCC2)CC1. The Balaban J connectivity index is 1.75. The van der Waals surface area contributed by atoms with Crippen molar-refractivity contribution < 1.29 is 0 Å².